The first kappa shape index (κ1) is 22.4. The molecule has 1 aromatic heterocycles. The number of benzene rings is 1. The third kappa shape index (κ3) is 4.74. The van der Waals surface area contributed by atoms with Crippen LogP contribution in [-0.2, 0) is 0 Å². The van der Waals surface area contributed by atoms with E-state index in [2.05, 4.69) is 26.1 Å². The maximum atomic E-state index is 12.9. The third-order valence-corrected chi connectivity index (χ3v) is 6.13. The van der Waals surface area contributed by atoms with Crippen molar-refractivity contribution in [2.75, 3.05) is 25.0 Å². The summed E-state index contributed by atoms with van der Waals surface area (Å²) in [6, 6.07) is 9.37. The minimum atomic E-state index is -0.199. The summed E-state index contributed by atoms with van der Waals surface area (Å²) in [7, 11) is 0. The molecule has 0 saturated carbocycles. The lowest BCUT2D eigenvalue weighted by molar-refractivity contribution is 0.0778. The zero-order valence-electron chi connectivity index (χ0n) is 16.5. The van der Waals surface area contributed by atoms with Gasteiger partial charge in [-0.3, -0.25) is 9.59 Å². The molecule has 1 aliphatic rings. The number of nitrogens with one attached hydrogen (secondary N) is 1. The Kier molecular flexibility index (Phi) is 7.26. The fourth-order valence-corrected chi connectivity index (χ4v) is 4.08. The van der Waals surface area contributed by atoms with Gasteiger partial charge in [0.1, 0.15) is 5.00 Å². The van der Waals surface area contributed by atoms with Gasteiger partial charge in [0, 0.05) is 18.7 Å². The number of likely N-dealkylation sites (tertiary alicyclic amines) is 1. The molecule has 152 valence electrons. The standard InChI is InChI=1S/C21H27N3O2S.ClH/c1-14(2)15-4-6-16(7-5-15)18(25)23-19-17(8-11-27-19)20(26)24-10-9-21(3,12-22)13-24;/h4-8,11,14H,9-10,12-13,22H2,1-3H3,(H,23,25);1H. The number of hydrogen-bond acceptors (Lipinski definition) is 4. The monoisotopic (exact) mass is 421 g/mol. The number of nitrogens with zero attached hydrogens (tertiary/aromatic N) is 1. The second-order valence-electron chi connectivity index (χ2n) is 7.89. The summed E-state index contributed by atoms with van der Waals surface area (Å²) in [5.74, 6) is 0.178. The molecule has 7 heteroatoms. The second-order valence-corrected chi connectivity index (χ2v) is 8.80. The average Bonchev–Trinajstić information content (AvgIpc) is 3.28. The summed E-state index contributed by atoms with van der Waals surface area (Å²) < 4.78 is 0. The topological polar surface area (TPSA) is 75.4 Å². The van der Waals surface area contributed by atoms with Crippen LogP contribution in [-0.4, -0.2) is 36.3 Å². The largest absolute Gasteiger partial charge is 0.338 e. The van der Waals surface area contributed by atoms with Crippen molar-refractivity contribution in [1.29, 1.82) is 0 Å². The Morgan fingerprint density at radius 1 is 1.25 bits per heavy atom. The molecule has 0 bridgehead atoms. The first-order valence-corrected chi connectivity index (χ1v) is 10.2. The van der Waals surface area contributed by atoms with Gasteiger partial charge >= 0.3 is 0 Å². The highest BCUT2D eigenvalue weighted by atomic mass is 35.5. The van der Waals surface area contributed by atoms with Crippen LogP contribution >= 0.6 is 23.7 Å². The van der Waals surface area contributed by atoms with Crippen molar-refractivity contribution in [3.63, 3.8) is 0 Å². The Morgan fingerprint density at radius 3 is 2.50 bits per heavy atom. The maximum Gasteiger partial charge on any atom is 0.256 e. The Hall–Kier alpha value is -1.89. The van der Waals surface area contributed by atoms with Crippen LogP contribution in [0.15, 0.2) is 35.7 Å². The minimum absolute atomic E-state index is 0. The number of rotatable bonds is 5. The maximum absolute atomic E-state index is 12.9. The van der Waals surface area contributed by atoms with Crippen LogP contribution in [0.4, 0.5) is 5.00 Å². The van der Waals surface area contributed by atoms with Crippen LogP contribution in [0.5, 0.6) is 0 Å². The van der Waals surface area contributed by atoms with E-state index in [1.807, 2.05) is 34.5 Å². The molecule has 1 fully saturated rings. The molecule has 1 unspecified atom stereocenters. The van der Waals surface area contributed by atoms with E-state index in [9.17, 15) is 9.59 Å². The van der Waals surface area contributed by atoms with E-state index < -0.39 is 0 Å². The highest BCUT2D eigenvalue weighted by Gasteiger charge is 2.36. The fraction of sp³-hybridized carbons (Fsp3) is 0.429. The number of nitrogens with two attached hydrogens (primary N) is 1. The van der Waals surface area contributed by atoms with Gasteiger partial charge in [0.05, 0.1) is 5.56 Å². The SMILES string of the molecule is CC(C)c1ccc(C(=O)Nc2sccc2C(=O)N2CCC(C)(CN)C2)cc1.Cl. The Balaban J connectivity index is 0.00000280. The van der Waals surface area contributed by atoms with Gasteiger partial charge in [-0.1, -0.05) is 32.9 Å². The average molecular weight is 422 g/mol. The van der Waals surface area contributed by atoms with Gasteiger partial charge in [-0.15, -0.1) is 23.7 Å². The van der Waals surface area contributed by atoms with Crippen molar-refractivity contribution in [2.45, 2.75) is 33.1 Å². The molecule has 1 aromatic carbocycles. The van der Waals surface area contributed by atoms with Gasteiger partial charge in [-0.25, -0.2) is 0 Å². The summed E-state index contributed by atoms with van der Waals surface area (Å²) in [4.78, 5) is 27.3. The lowest BCUT2D eigenvalue weighted by atomic mass is 9.90. The van der Waals surface area contributed by atoms with Crippen LogP contribution in [0.25, 0.3) is 0 Å². The van der Waals surface area contributed by atoms with Crippen LogP contribution in [0.2, 0.25) is 0 Å². The molecular weight excluding hydrogens is 394 g/mol. The zero-order valence-corrected chi connectivity index (χ0v) is 18.2. The summed E-state index contributed by atoms with van der Waals surface area (Å²) in [6.45, 7) is 8.27. The molecule has 1 aliphatic heterocycles. The zero-order chi connectivity index (χ0) is 19.6. The Bertz CT molecular complexity index is 834. The van der Waals surface area contributed by atoms with E-state index >= 15 is 0 Å². The lowest BCUT2D eigenvalue weighted by Crippen LogP contribution is -2.34. The molecule has 2 aromatic rings. The van der Waals surface area contributed by atoms with E-state index in [-0.39, 0.29) is 29.6 Å². The first-order valence-electron chi connectivity index (χ1n) is 9.31. The molecule has 1 saturated heterocycles. The highest BCUT2D eigenvalue weighted by Crippen LogP contribution is 2.32. The molecule has 0 radical (unpaired) electrons. The smallest absolute Gasteiger partial charge is 0.256 e. The van der Waals surface area contributed by atoms with Crippen molar-refractivity contribution in [3.05, 3.63) is 52.4 Å². The summed E-state index contributed by atoms with van der Waals surface area (Å²) >= 11 is 1.37. The van der Waals surface area contributed by atoms with E-state index in [1.165, 1.54) is 16.9 Å². The van der Waals surface area contributed by atoms with E-state index in [4.69, 9.17) is 5.73 Å². The molecule has 0 spiro atoms. The molecule has 2 heterocycles. The Labute approximate surface area is 176 Å². The van der Waals surface area contributed by atoms with Gasteiger partial charge in [0.15, 0.2) is 0 Å². The van der Waals surface area contributed by atoms with Crippen molar-refractivity contribution >= 4 is 40.6 Å². The van der Waals surface area contributed by atoms with E-state index in [0.717, 1.165) is 6.42 Å². The van der Waals surface area contributed by atoms with Crippen LogP contribution in [0, 0.1) is 5.41 Å². The molecule has 5 nitrogen and oxygen atoms in total. The number of amides is 2. The first-order chi connectivity index (χ1) is 12.8. The number of halogens is 1. The van der Waals surface area contributed by atoms with Gasteiger partial charge in [-0.2, -0.15) is 0 Å². The van der Waals surface area contributed by atoms with Crippen molar-refractivity contribution < 1.29 is 9.59 Å². The molecular formula is C21H28ClN3O2S. The van der Waals surface area contributed by atoms with Gasteiger partial charge in [0.25, 0.3) is 11.8 Å². The normalized spacial score (nSPS) is 18.8. The fourth-order valence-electron chi connectivity index (χ4n) is 3.30. The van der Waals surface area contributed by atoms with Crippen molar-refractivity contribution in [3.8, 4) is 0 Å². The molecule has 3 N–H and O–H groups in total. The predicted molar refractivity (Wildman–Crippen MR) is 118 cm³/mol. The minimum Gasteiger partial charge on any atom is -0.338 e. The lowest BCUT2D eigenvalue weighted by Gasteiger charge is -2.22. The molecule has 0 aliphatic carbocycles. The van der Waals surface area contributed by atoms with Crippen LogP contribution in [0.1, 0.15) is 59.4 Å². The van der Waals surface area contributed by atoms with Crippen LogP contribution in [0.3, 0.4) is 0 Å². The molecule has 2 amide bonds. The van der Waals surface area contributed by atoms with Crippen LogP contribution < -0.4 is 11.1 Å². The van der Waals surface area contributed by atoms with E-state index in [1.54, 1.807) is 6.07 Å². The number of thiophene rings is 1. The van der Waals surface area contributed by atoms with Gasteiger partial charge < -0.3 is 16.0 Å². The molecule has 1 atom stereocenters. The number of carbonyl (C=O) groups excluding carboxylic acids is 2. The Morgan fingerprint density at radius 2 is 1.93 bits per heavy atom. The predicted octanol–water partition coefficient (Wildman–Crippen LogP) is 4.36. The van der Waals surface area contributed by atoms with Gasteiger partial charge in [-0.05, 0) is 53.4 Å². The highest BCUT2D eigenvalue weighted by molar-refractivity contribution is 7.14. The number of anilines is 1. The summed E-state index contributed by atoms with van der Waals surface area (Å²) in [6.07, 6.45) is 0.906. The molecule has 3 rings (SSSR count). The van der Waals surface area contributed by atoms with Gasteiger partial charge in [0.2, 0.25) is 0 Å². The van der Waals surface area contributed by atoms with Crippen molar-refractivity contribution in [2.24, 2.45) is 11.1 Å². The summed E-state index contributed by atoms with van der Waals surface area (Å²) in [5.41, 5.74) is 8.15. The quantitative estimate of drug-likeness (QED) is 0.753. The van der Waals surface area contributed by atoms with Crippen molar-refractivity contribution in [1.82, 2.24) is 4.90 Å². The second kappa shape index (κ2) is 9.07. The summed E-state index contributed by atoms with van der Waals surface area (Å²) in [5, 5.41) is 5.33. The number of hydrogen-bond donors (Lipinski definition) is 2. The van der Waals surface area contributed by atoms with E-state index in [0.29, 0.717) is 41.7 Å². The number of carbonyl (C=O) groups is 2. The molecule has 28 heavy (non-hydrogen) atoms. The third-order valence-electron chi connectivity index (χ3n) is 5.30.